The van der Waals surface area contributed by atoms with E-state index in [1.54, 1.807) is 18.6 Å². The van der Waals surface area contributed by atoms with E-state index < -0.39 is 11.9 Å². The highest BCUT2D eigenvalue weighted by molar-refractivity contribution is 6.27. The van der Waals surface area contributed by atoms with Crippen LogP contribution in [0.2, 0.25) is 0 Å². The second-order valence-electron chi connectivity index (χ2n) is 5.71. The molecule has 3 aromatic heterocycles. The van der Waals surface area contributed by atoms with Crippen LogP contribution in [0.25, 0.3) is 29.0 Å². The summed E-state index contributed by atoms with van der Waals surface area (Å²) in [6, 6.07) is 17.9. The standard InChI is InChI=1S/C19H14N4.C2H2O4/c1-2-6-17-16(5-1)22-19(9-8-15-10-13-20-14-11-15)23(17)18-7-3-4-12-21-18;3-1(4)2(5)6/h1-14H;(H,3,4)(H,5,6). The van der Waals surface area contributed by atoms with Crippen molar-refractivity contribution in [3.8, 4) is 5.82 Å². The minimum Gasteiger partial charge on any atom is -0.473 e. The van der Waals surface area contributed by atoms with Gasteiger partial charge in [-0.3, -0.25) is 9.55 Å². The Hall–Kier alpha value is -4.33. The van der Waals surface area contributed by atoms with Crippen LogP contribution < -0.4 is 0 Å². The Labute approximate surface area is 165 Å². The maximum absolute atomic E-state index is 9.10. The van der Waals surface area contributed by atoms with Gasteiger partial charge in [0.15, 0.2) is 0 Å². The number of carbonyl (C=O) groups is 2. The molecular formula is C21H16N4O4. The lowest BCUT2D eigenvalue weighted by molar-refractivity contribution is -0.159. The molecule has 0 aliphatic rings. The van der Waals surface area contributed by atoms with Crippen LogP contribution in [0, 0.1) is 0 Å². The van der Waals surface area contributed by atoms with Gasteiger partial charge in [0.25, 0.3) is 0 Å². The topological polar surface area (TPSA) is 118 Å². The third kappa shape index (κ3) is 4.89. The quantitative estimate of drug-likeness (QED) is 0.518. The summed E-state index contributed by atoms with van der Waals surface area (Å²) >= 11 is 0. The Morgan fingerprint density at radius 3 is 2.17 bits per heavy atom. The number of hydrogen-bond donors (Lipinski definition) is 2. The summed E-state index contributed by atoms with van der Waals surface area (Å²) in [4.78, 5) is 31.4. The first-order valence-electron chi connectivity index (χ1n) is 8.49. The van der Waals surface area contributed by atoms with E-state index in [-0.39, 0.29) is 0 Å². The third-order valence-electron chi connectivity index (χ3n) is 3.78. The van der Waals surface area contributed by atoms with E-state index in [0.29, 0.717) is 0 Å². The summed E-state index contributed by atoms with van der Waals surface area (Å²) in [5, 5.41) is 14.8. The number of pyridine rings is 2. The Bertz CT molecular complexity index is 1140. The van der Waals surface area contributed by atoms with E-state index in [4.69, 9.17) is 24.8 Å². The van der Waals surface area contributed by atoms with Crippen molar-refractivity contribution in [2.75, 3.05) is 0 Å². The molecule has 0 spiro atoms. The number of aromatic nitrogens is 4. The molecule has 0 aliphatic carbocycles. The van der Waals surface area contributed by atoms with E-state index in [1.807, 2.05) is 60.7 Å². The van der Waals surface area contributed by atoms with Crippen LogP contribution in [0.1, 0.15) is 11.4 Å². The van der Waals surface area contributed by atoms with E-state index in [0.717, 1.165) is 28.2 Å². The van der Waals surface area contributed by atoms with Crippen LogP contribution >= 0.6 is 0 Å². The molecule has 0 unspecified atom stereocenters. The first-order valence-corrected chi connectivity index (χ1v) is 8.49. The second-order valence-corrected chi connectivity index (χ2v) is 5.71. The molecule has 2 N–H and O–H groups in total. The molecule has 0 amide bonds. The van der Waals surface area contributed by atoms with Crippen molar-refractivity contribution in [2.45, 2.75) is 0 Å². The number of fused-ring (bicyclic) bond motifs is 1. The lowest BCUT2D eigenvalue weighted by Crippen LogP contribution is -2.09. The molecule has 0 aliphatic heterocycles. The first-order chi connectivity index (χ1) is 14.1. The molecule has 3 heterocycles. The molecule has 1 aromatic carbocycles. The van der Waals surface area contributed by atoms with Gasteiger partial charge in [0.1, 0.15) is 11.6 Å². The number of nitrogens with zero attached hydrogens (tertiary/aromatic N) is 4. The maximum atomic E-state index is 9.10. The number of aliphatic carboxylic acids is 2. The van der Waals surface area contributed by atoms with Crippen molar-refractivity contribution in [2.24, 2.45) is 0 Å². The number of hydrogen-bond acceptors (Lipinski definition) is 5. The van der Waals surface area contributed by atoms with Gasteiger partial charge < -0.3 is 10.2 Å². The van der Waals surface area contributed by atoms with Crippen molar-refractivity contribution >= 4 is 35.1 Å². The predicted molar refractivity (Wildman–Crippen MR) is 107 cm³/mol. The number of carboxylic acid groups (broad SMARTS) is 2. The summed E-state index contributed by atoms with van der Waals surface area (Å²) in [5.74, 6) is -1.94. The molecule has 0 fully saturated rings. The number of imidazole rings is 1. The van der Waals surface area contributed by atoms with Crippen LogP contribution in [-0.2, 0) is 9.59 Å². The fourth-order valence-electron chi connectivity index (χ4n) is 2.53. The normalized spacial score (nSPS) is 10.5. The summed E-state index contributed by atoms with van der Waals surface area (Å²) in [6.45, 7) is 0. The van der Waals surface area contributed by atoms with Crippen LogP contribution in [0.3, 0.4) is 0 Å². The number of rotatable bonds is 3. The van der Waals surface area contributed by atoms with Crippen LogP contribution in [0.4, 0.5) is 0 Å². The molecule has 8 nitrogen and oxygen atoms in total. The van der Waals surface area contributed by atoms with Gasteiger partial charge >= 0.3 is 11.9 Å². The molecule has 0 saturated carbocycles. The Morgan fingerprint density at radius 1 is 0.828 bits per heavy atom. The molecular weight excluding hydrogens is 372 g/mol. The Morgan fingerprint density at radius 2 is 1.52 bits per heavy atom. The molecule has 144 valence electrons. The molecule has 0 atom stereocenters. The fraction of sp³-hybridized carbons (Fsp3) is 0. The Kier molecular flexibility index (Phi) is 6.06. The predicted octanol–water partition coefficient (Wildman–Crippen LogP) is 3.14. The van der Waals surface area contributed by atoms with Gasteiger partial charge in [0.05, 0.1) is 11.0 Å². The number of benzene rings is 1. The molecule has 0 radical (unpaired) electrons. The number of carboxylic acids is 2. The third-order valence-corrected chi connectivity index (χ3v) is 3.78. The monoisotopic (exact) mass is 388 g/mol. The molecule has 8 heteroatoms. The average molecular weight is 388 g/mol. The number of para-hydroxylation sites is 2. The van der Waals surface area contributed by atoms with Crippen molar-refractivity contribution in [3.63, 3.8) is 0 Å². The first kappa shape index (κ1) is 19.4. The molecule has 4 rings (SSSR count). The highest BCUT2D eigenvalue weighted by Crippen LogP contribution is 2.21. The van der Waals surface area contributed by atoms with Gasteiger partial charge in [-0.25, -0.2) is 19.6 Å². The van der Waals surface area contributed by atoms with Gasteiger partial charge in [-0.05, 0) is 48.0 Å². The Balaban J connectivity index is 0.000000353. The summed E-state index contributed by atoms with van der Waals surface area (Å²) < 4.78 is 2.06. The largest absolute Gasteiger partial charge is 0.473 e. The zero-order chi connectivity index (χ0) is 20.6. The van der Waals surface area contributed by atoms with Crippen LogP contribution in [0.15, 0.2) is 73.2 Å². The summed E-state index contributed by atoms with van der Waals surface area (Å²) in [5.41, 5.74) is 3.08. The fourth-order valence-corrected chi connectivity index (χ4v) is 2.53. The van der Waals surface area contributed by atoms with E-state index in [1.165, 1.54) is 0 Å². The maximum Gasteiger partial charge on any atom is 0.414 e. The summed E-state index contributed by atoms with van der Waals surface area (Å²) in [7, 11) is 0. The van der Waals surface area contributed by atoms with Crippen molar-refractivity contribution in [3.05, 3.63) is 84.6 Å². The van der Waals surface area contributed by atoms with Crippen molar-refractivity contribution in [1.29, 1.82) is 0 Å². The van der Waals surface area contributed by atoms with Crippen molar-refractivity contribution in [1.82, 2.24) is 19.5 Å². The van der Waals surface area contributed by atoms with Gasteiger partial charge in [0.2, 0.25) is 0 Å². The molecule has 0 saturated heterocycles. The lowest BCUT2D eigenvalue weighted by atomic mass is 10.2. The van der Waals surface area contributed by atoms with Gasteiger partial charge in [0, 0.05) is 18.6 Å². The zero-order valence-electron chi connectivity index (χ0n) is 15.1. The average Bonchev–Trinajstić information content (AvgIpc) is 3.12. The molecule has 0 bridgehead atoms. The smallest absolute Gasteiger partial charge is 0.414 e. The zero-order valence-corrected chi connectivity index (χ0v) is 15.1. The second kappa shape index (κ2) is 9.05. The summed E-state index contributed by atoms with van der Waals surface area (Å²) in [6.07, 6.45) is 9.38. The SMILES string of the molecule is C(=Cc1nc2ccccc2n1-c1ccccn1)c1ccncc1.O=C(O)C(=O)O. The van der Waals surface area contributed by atoms with Crippen molar-refractivity contribution < 1.29 is 19.8 Å². The molecule has 4 aromatic rings. The lowest BCUT2D eigenvalue weighted by Gasteiger charge is -2.05. The van der Waals surface area contributed by atoms with Crippen LogP contribution in [-0.4, -0.2) is 41.7 Å². The van der Waals surface area contributed by atoms with E-state index >= 15 is 0 Å². The van der Waals surface area contributed by atoms with Gasteiger partial charge in [-0.2, -0.15) is 0 Å². The van der Waals surface area contributed by atoms with E-state index in [2.05, 4.69) is 20.6 Å². The highest BCUT2D eigenvalue weighted by Gasteiger charge is 2.10. The van der Waals surface area contributed by atoms with Gasteiger partial charge in [-0.1, -0.05) is 24.3 Å². The highest BCUT2D eigenvalue weighted by atomic mass is 16.4. The van der Waals surface area contributed by atoms with Crippen LogP contribution in [0.5, 0.6) is 0 Å². The minimum absolute atomic E-state index is 0.849. The van der Waals surface area contributed by atoms with E-state index in [9.17, 15) is 0 Å². The minimum atomic E-state index is -1.82. The molecule has 29 heavy (non-hydrogen) atoms. The van der Waals surface area contributed by atoms with Gasteiger partial charge in [-0.15, -0.1) is 0 Å².